The van der Waals surface area contributed by atoms with Gasteiger partial charge in [-0.3, -0.25) is 0 Å². The highest BCUT2D eigenvalue weighted by Gasteiger charge is 2.32. The van der Waals surface area contributed by atoms with Gasteiger partial charge >= 0.3 is 0 Å². The number of hydrogen-bond donors (Lipinski definition) is 2. The first-order chi connectivity index (χ1) is 6.55. The van der Waals surface area contributed by atoms with Crippen LogP contribution in [0.4, 0.5) is 5.69 Å². The van der Waals surface area contributed by atoms with Gasteiger partial charge in [0.05, 0.1) is 17.5 Å². The third-order valence-electron chi connectivity index (χ3n) is 2.15. The van der Waals surface area contributed by atoms with E-state index in [1.165, 1.54) is 0 Å². The van der Waals surface area contributed by atoms with Crippen molar-refractivity contribution in [3.63, 3.8) is 0 Å². The molecule has 1 aromatic rings. The van der Waals surface area contributed by atoms with E-state index >= 15 is 0 Å². The summed E-state index contributed by atoms with van der Waals surface area (Å²) in [6.07, 6.45) is 0. The highest BCUT2D eigenvalue weighted by atomic mass is 32.2. The maximum Gasteiger partial charge on any atom is 0.154 e. The Morgan fingerprint density at radius 3 is 2.29 bits per heavy atom. The van der Waals surface area contributed by atoms with E-state index in [9.17, 15) is 8.42 Å². The Kier molecular flexibility index (Phi) is 2.11. The zero-order valence-electron chi connectivity index (χ0n) is 7.47. The standard InChI is InChI=1S/C9H11NO3S/c11-9-3-1-7(2-4-9)10-8-5-14(12,13)6-8/h1-4,8,10-11H,5-6H2. The fourth-order valence-electron chi connectivity index (χ4n) is 1.44. The molecule has 0 amide bonds. The maximum absolute atomic E-state index is 10.9. The average Bonchev–Trinajstić information content (AvgIpc) is 2.06. The number of nitrogens with one attached hydrogen (secondary N) is 1. The lowest BCUT2D eigenvalue weighted by atomic mass is 10.2. The van der Waals surface area contributed by atoms with E-state index in [1.807, 2.05) is 0 Å². The predicted octanol–water partition coefficient (Wildman–Crippen LogP) is 0.601. The molecule has 0 aromatic heterocycles. The van der Waals surface area contributed by atoms with Crippen LogP contribution in [0, 0.1) is 0 Å². The molecule has 0 aliphatic carbocycles. The third kappa shape index (κ3) is 1.98. The Morgan fingerprint density at radius 1 is 1.21 bits per heavy atom. The van der Waals surface area contributed by atoms with Crippen LogP contribution in [0.25, 0.3) is 0 Å². The molecule has 1 aliphatic heterocycles. The molecular weight excluding hydrogens is 202 g/mol. The highest BCUT2D eigenvalue weighted by Crippen LogP contribution is 2.19. The second-order valence-electron chi connectivity index (χ2n) is 3.47. The minimum Gasteiger partial charge on any atom is -0.508 e. The number of sulfone groups is 1. The number of benzene rings is 1. The maximum atomic E-state index is 10.9. The van der Waals surface area contributed by atoms with Crippen molar-refractivity contribution in [3.8, 4) is 5.75 Å². The largest absolute Gasteiger partial charge is 0.508 e. The van der Waals surface area contributed by atoms with Crippen molar-refractivity contribution in [2.45, 2.75) is 6.04 Å². The number of phenols is 1. The number of rotatable bonds is 2. The number of anilines is 1. The zero-order chi connectivity index (χ0) is 10.2. The summed E-state index contributed by atoms with van der Waals surface area (Å²) >= 11 is 0. The zero-order valence-corrected chi connectivity index (χ0v) is 8.29. The topological polar surface area (TPSA) is 66.4 Å². The number of aromatic hydroxyl groups is 1. The normalized spacial score (nSPS) is 20.0. The van der Waals surface area contributed by atoms with Gasteiger partial charge in [-0.15, -0.1) is 0 Å². The van der Waals surface area contributed by atoms with E-state index in [2.05, 4.69) is 5.32 Å². The Balaban J connectivity index is 1.97. The van der Waals surface area contributed by atoms with Crippen LogP contribution < -0.4 is 5.32 Å². The molecule has 1 aliphatic rings. The van der Waals surface area contributed by atoms with Crippen molar-refractivity contribution in [1.82, 2.24) is 0 Å². The summed E-state index contributed by atoms with van der Waals surface area (Å²) in [6.45, 7) is 0. The molecule has 76 valence electrons. The molecule has 1 heterocycles. The average molecular weight is 213 g/mol. The molecule has 2 rings (SSSR count). The van der Waals surface area contributed by atoms with Gasteiger partial charge in [-0.25, -0.2) is 8.42 Å². The minimum absolute atomic E-state index is 0.0181. The van der Waals surface area contributed by atoms with Crippen molar-refractivity contribution < 1.29 is 13.5 Å². The Bertz CT molecular complexity index is 412. The molecule has 1 saturated heterocycles. The smallest absolute Gasteiger partial charge is 0.154 e. The van der Waals surface area contributed by atoms with Crippen molar-refractivity contribution >= 4 is 15.5 Å². The first kappa shape index (κ1) is 9.33. The summed E-state index contributed by atoms with van der Waals surface area (Å²) < 4.78 is 21.7. The molecule has 4 nitrogen and oxygen atoms in total. The van der Waals surface area contributed by atoms with Gasteiger partial charge < -0.3 is 10.4 Å². The predicted molar refractivity (Wildman–Crippen MR) is 54.2 cm³/mol. The Morgan fingerprint density at radius 2 is 1.79 bits per heavy atom. The van der Waals surface area contributed by atoms with E-state index in [0.29, 0.717) is 0 Å². The van der Waals surface area contributed by atoms with E-state index in [-0.39, 0.29) is 23.3 Å². The summed E-state index contributed by atoms with van der Waals surface area (Å²) in [7, 11) is -2.77. The van der Waals surface area contributed by atoms with Crippen LogP contribution in [-0.2, 0) is 9.84 Å². The van der Waals surface area contributed by atoms with Gasteiger partial charge in [0.1, 0.15) is 5.75 Å². The number of hydrogen-bond acceptors (Lipinski definition) is 4. The molecule has 0 saturated carbocycles. The highest BCUT2D eigenvalue weighted by molar-refractivity contribution is 7.92. The van der Waals surface area contributed by atoms with Crippen molar-refractivity contribution in [1.29, 1.82) is 0 Å². The van der Waals surface area contributed by atoms with E-state index < -0.39 is 9.84 Å². The van der Waals surface area contributed by atoms with Gasteiger partial charge in [0.2, 0.25) is 0 Å². The molecule has 2 N–H and O–H groups in total. The second kappa shape index (κ2) is 3.16. The number of phenolic OH excluding ortho intramolecular Hbond substituents is 1. The molecule has 1 aromatic carbocycles. The molecule has 0 bridgehead atoms. The fourth-order valence-corrected chi connectivity index (χ4v) is 2.74. The molecule has 5 heteroatoms. The van der Waals surface area contributed by atoms with Gasteiger partial charge in [0, 0.05) is 5.69 Å². The summed E-state index contributed by atoms with van der Waals surface area (Å²) in [6, 6.07) is 6.59. The van der Waals surface area contributed by atoms with Gasteiger partial charge in [-0.2, -0.15) is 0 Å². The molecular formula is C9H11NO3S. The minimum atomic E-state index is -2.77. The molecule has 0 spiro atoms. The van der Waals surface area contributed by atoms with E-state index in [0.717, 1.165) is 5.69 Å². The molecule has 0 unspecified atom stereocenters. The molecule has 14 heavy (non-hydrogen) atoms. The Hall–Kier alpha value is -1.23. The molecule has 1 fully saturated rings. The first-order valence-corrected chi connectivity index (χ1v) is 6.13. The first-order valence-electron chi connectivity index (χ1n) is 4.31. The molecule has 0 atom stereocenters. The second-order valence-corrected chi connectivity index (χ2v) is 5.62. The molecule has 0 radical (unpaired) electrons. The summed E-state index contributed by atoms with van der Waals surface area (Å²) in [4.78, 5) is 0. The van der Waals surface area contributed by atoms with Crippen LogP contribution in [0.1, 0.15) is 0 Å². The third-order valence-corrected chi connectivity index (χ3v) is 3.97. The van der Waals surface area contributed by atoms with Crippen LogP contribution in [-0.4, -0.2) is 31.1 Å². The van der Waals surface area contributed by atoms with Crippen molar-refractivity contribution in [2.75, 3.05) is 16.8 Å². The van der Waals surface area contributed by atoms with Crippen molar-refractivity contribution in [2.24, 2.45) is 0 Å². The van der Waals surface area contributed by atoms with Crippen molar-refractivity contribution in [3.05, 3.63) is 24.3 Å². The lowest BCUT2D eigenvalue weighted by Gasteiger charge is -2.27. The van der Waals surface area contributed by atoms with E-state index in [1.54, 1.807) is 24.3 Å². The van der Waals surface area contributed by atoms with Gasteiger partial charge in [0.25, 0.3) is 0 Å². The van der Waals surface area contributed by atoms with Gasteiger partial charge in [0.15, 0.2) is 9.84 Å². The summed E-state index contributed by atoms with van der Waals surface area (Å²) in [5.74, 6) is 0.610. The van der Waals surface area contributed by atoms with Gasteiger partial charge in [-0.1, -0.05) is 0 Å². The monoisotopic (exact) mass is 213 g/mol. The lowest BCUT2D eigenvalue weighted by molar-refractivity contribution is 0.475. The fraction of sp³-hybridized carbons (Fsp3) is 0.333. The van der Waals surface area contributed by atoms with Crippen LogP contribution in [0.3, 0.4) is 0 Å². The van der Waals surface area contributed by atoms with Crippen LogP contribution >= 0.6 is 0 Å². The van der Waals surface area contributed by atoms with Crippen LogP contribution in [0.15, 0.2) is 24.3 Å². The summed E-state index contributed by atoms with van der Waals surface area (Å²) in [5.41, 5.74) is 0.836. The van der Waals surface area contributed by atoms with Crippen LogP contribution in [0.2, 0.25) is 0 Å². The van der Waals surface area contributed by atoms with E-state index in [4.69, 9.17) is 5.11 Å². The Labute approximate surface area is 82.5 Å². The lowest BCUT2D eigenvalue weighted by Crippen LogP contribution is -2.46. The van der Waals surface area contributed by atoms with Gasteiger partial charge in [-0.05, 0) is 24.3 Å². The quantitative estimate of drug-likeness (QED) is 0.706. The summed E-state index contributed by atoms with van der Waals surface area (Å²) in [5, 5.41) is 12.1. The SMILES string of the molecule is O=S1(=O)CC(Nc2ccc(O)cc2)C1. The van der Waals surface area contributed by atoms with Crippen LogP contribution in [0.5, 0.6) is 5.75 Å².